The van der Waals surface area contributed by atoms with Gasteiger partial charge in [-0.2, -0.15) is 0 Å². The number of rotatable bonds is 14. The van der Waals surface area contributed by atoms with Gasteiger partial charge in [-0.25, -0.2) is 4.79 Å². The molecule has 0 aliphatic heterocycles. The lowest BCUT2D eigenvalue weighted by molar-refractivity contribution is -0.137. The number of nitrogens with zero attached hydrogens (tertiary/aromatic N) is 1. The molecule has 4 nitrogen and oxygen atoms in total. The number of benzene rings is 5. The molecule has 4 heteroatoms. The minimum atomic E-state index is -0.407. The summed E-state index contributed by atoms with van der Waals surface area (Å²) in [5.41, 5.74) is 10.0. The molecule has 0 N–H and O–H groups in total. The normalized spacial score (nSPS) is 10.4. The molecule has 0 aliphatic carbocycles. The number of anilines is 3. The molecule has 0 radical (unpaired) electrons. The molecule has 0 aromatic heterocycles. The van der Waals surface area contributed by atoms with Gasteiger partial charge in [0.15, 0.2) is 0 Å². The van der Waals surface area contributed by atoms with Crippen LogP contribution >= 0.6 is 0 Å². The molecule has 224 valence electrons. The SMILES string of the molecule is C=COCCc1ccc(N(c2ccc(C=C(c3ccccc3)c3ccccc3)cc2)c2ccc(CCOC(=O)C=C)cc2)cc1. The molecule has 0 spiro atoms. The van der Waals surface area contributed by atoms with Crippen LogP contribution in [0.2, 0.25) is 0 Å². The van der Waals surface area contributed by atoms with Gasteiger partial charge in [0.25, 0.3) is 0 Å². The van der Waals surface area contributed by atoms with Gasteiger partial charge in [-0.1, -0.05) is 110 Å². The van der Waals surface area contributed by atoms with E-state index in [1.807, 2.05) is 12.1 Å². The van der Waals surface area contributed by atoms with Gasteiger partial charge in [-0.15, -0.1) is 0 Å². The van der Waals surface area contributed by atoms with Crippen LogP contribution in [0.1, 0.15) is 27.8 Å². The average Bonchev–Trinajstić information content (AvgIpc) is 3.10. The average molecular weight is 592 g/mol. The van der Waals surface area contributed by atoms with Gasteiger partial charge >= 0.3 is 5.97 Å². The van der Waals surface area contributed by atoms with Crippen molar-refractivity contribution < 1.29 is 14.3 Å². The first-order chi connectivity index (χ1) is 22.1. The Morgan fingerprint density at radius 2 is 1.07 bits per heavy atom. The van der Waals surface area contributed by atoms with Crippen LogP contribution in [-0.2, 0) is 27.1 Å². The standard InChI is InChI=1S/C41H37NO3/c1-3-41(43)45-30-28-33-17-23-38(24-18-33)42(37-21-15-32(16-22-37)27-29-44-4-2)39-25-19-34(20-26-39)31-40(35-11-7-5-8-12-35)36-13-9-6-10-14-36/h3-26,31H,1-2,27-30H2. The van der Waals surface area contributed by atoms with Gasteiger partial charge in [-0.3, -0.25) is 0 Å². The molecule has 0 amide bonds. The Kier molecular flexibility index (Phi) is 10.8. The van der Waals surface area contributed by atoms with Crippen LogP contribution in [0.25, 0.3) is 11.6 Å². The summed E-state index contributed by atoms with van der Waals surface area (Å²) in [7, 11) is 0. The van der Waals surface area contributed by atoms with Crippen molar-refractivity contribution in [3.63, 3.8) is 0 Å². The maximum Gasteiger partial charge on any atom is 0.330 e. The number of hydrogen-bond acceptors (Lipinski definition) is 4. The van der Waals surface area contributed by atoms with Crippen molar-refractivity contribution in [2.75, 3.05) is 18.1 Å². The molecule has 0 unspecified atom stereocenters. The minimum absolute atomic E-state index is 0.313. The Labute approximate surface area is 266 Å². The molecule has 0 saturated heterocycles. The second-order valence-electron chi connectivity index (χ2n) is 10.5. The predicted octanol–water partition coefficient (Wildman–Crippen LogP) is 9.72. The number of hydrogen-bond donors (Lipinski definition) is 0. The van der Waals surface area contributed by atoms with E-state index in [-0.39, 0.29) is 0 Å². The molecule has 0 heterocycles. The van der Waals surface area contributed by atoms with Crippen molar-refractivity contribution in [2.45, 2.75) is 12.8 Å². The smallest absolute Gasteiger partial charge is 0.330 e. The third-order valence-corrected chi connectivity index (χ3v) is 7.45. The zero-order chi connectivity index (χ0) is 31.3. The molecule has 0 saturated carbocycles. The van der Waals surface area contributed by atoms with E-state index in [9.17, 15) is 4.79 Å². The Morgan fingerprint density at radius 1 is 0.600 bits per heavy atom. The molecular formula is C41H37NO3. The molecule has 5 aromatic rings. The lowest BCUT2D eigenvalue weighted by Gasteiger charge is -2.26. The van der Waals surface area contributed by atoms with E-state index in [4.69, 9.17) is 9.47 Å². The highest BCUT2D eigenvalue weighted by atomic mass is 16.5. The topological polar surface area (TPSA) is 38.8 Å². The Hall–Kier alpha value is -5.61. The van der Waals surface area contributed by atoms with E-state index in [0.29, 0.717) is 19.6 Å². The van der Waals surface area contributed by atoms with Crippen LogP contribution in [0.3, 0.4) is 0 Å². The van der Waals surface area contributed by atoms with Crippen molar-refractivity contribution in [2.24, 2.45) is 0 Å². The van der Waals surface area contributed by atoms with Crippen LogP contribution < -0.4 is 4.90 Å². The predicted molar refractivity (Wildman–Crippen MR) is 186 cm³/mol. The fourth-order valence-corrected chi connectivity index (χ4v) is 5.11. The van der Waals surface area contributed by atoms with Gasteiger partial charge < -0.3 is 14.4 Å². The first-order valence-corrected chi connectivity index (χ1v) is 15.1. The summed E-state index contributed by atoms with van der Waals surface area (Å²) in [5.74, 6) is -0.407. The third-order valence-electron chi connectivity index (χ3n) is 7.45. The fraction of sp³-hybridized carbons (Fsp3) is 0.0976. The quantitative estimate of drug-likeness (QED) is 0.0424. The summed E-state index contributed by atoms with van der Waals surface area (Å²) < 4.78 is 10.5. The molecule has 0 atom stereocenters. The second kappa shape index (κ2) is 15.7. The monoisotopic (exact) mass is 591 g/mol. The van der Waals surface area contributed by atoms with E-state index in [2.05, 4.69) is 145 Å². The first-order valence-electron chi connectivity index (χ1n) is 15.1. The zero-order valence-corrected chi connectivity index (χ0v) is 25.3. The lowest BCUT2D eigenvalue weighted by atomic mass is 9.95. The van der Waals surface area contributed by atoms with Gasteiger partial charge in [0.05, 0.1) is 19.5 Å². The summed E-state index contributed by atoms with van der Waals surface area (Å²) in [6, 6.07) is 46.5. The molecule has 0 bridgehead atoms. The lowest BCUT2D eigenvalue weighted by Crippen LogP contribution is -2.10. The summed E-state index contributed by atoms with van der Waals surface area (Å²) in [5, 5.41) is 0. The second-order valence-corrected chi connectivity index (χ2v) is 10.5. The van der Waals surface area contributed by atoms with E-state index in [0.717, 1.165) is 34.6 Å². The number of carbonyl (C=O) groups is 1. The van der Waals surface area contributed by atoms with E-state index < -0.39 is 5.97 Å². The minimum Gasteiger partial charge on any atom is -0.501 e. The van der Waals surface area contributed by atoms with Crippen molar-refractivity contribution in [3.8, 4) is 0 Å². The molecular weight excluding hydrogens is 554 g/mol. The van der Waals surface area contributed by atoms with Crippen molar-refractivity contribution >= 4 is 34.7 Å². The number of carbonyl (C=O) groups excluding carboxylic acids is 1. The Balaban J connectivity index is 1.45. The molecule has 0 aliphatic rings. The van der Waals surface area contributed by atoms with E-state index in [1.54, 1.807) is 0 Å². The van der Waals surface area contributed by atoms with Crippen LogP contribution in [-0.4, -0.2) is 19.2 Å². The molecule has 5 aromatic carbocycles. The highest BCUT2D eigenvalue weighted by molar-refractivity contribution is 5.91. The van der Waals surface area contributed by atoms with Crippen LogP contribution in [0.15, 0.2) is 159 Å². The Bertz CT molecular complexity index is 1670. The summed E-state index contributed by atoms with van der Waals surface area (Å²) in [6.07, 6.45) is 6.35. The fourth-order valence-electron chi connectivity index (χ4n) is 5.11. The van der Waals surface area contributed by atoms with E-state index in [1.165, 1.54) is 34.6 Å². The van der Waals surface area contributed by atoms with Crippen LogP contribution in [0.4, 0.5) is 17.1 Å². The summed E-state index contributed by atoms with van der Waals surface area (Å²) in [4.78, 5) is 13.7. The largest absolute Gasteiger partial charge is 0.501 e. The summed E-state index contributed by atoms with van der Waals surface area (Å²) >= 11 is 0. The van der Waals surface area contributed by atoms with E-state index >= 15 is 0 Å². The van der Waals surface area contributed by atoms with Gasteiger partial charge in [-0.05, 0) is 75.9 Å². The summed E-state index contributed by atoms with van der Waals surface area (Å²) in [6.45, 7) is 7.99. The molecule has 0 fully saturated rings. The first kappa shape index (κ1) is 30.8. The van der Waals surface area contributed by atoms with Crippen molar-refractivity contribution in [3.05, 3.63) is 187 Å². The highest BCUT2D eigenvalue weighted by Crippen LogP contribution is 2.35. The van der Waals surface area contributed by atoms with Crippen LogP contribution in [0.5, 0.6) is 0 Å². The van der Waals surface area contributed by atoms with Gasteiger partial charge in [0.2, 0.25) is 0 Å². The maximum absolute atomic E-state index is 11.4. The molecule has 45 heavy (non-hydrogen) atoms. The van der Waals surface area contributed by atoms with Crippen molar-refractivity contribution in [1.82, 2.24) is 0 Å². The zero-order valence-electron chi connectivity index (χ0n) is 25.3. The van der Waals surface area contributed by atoms with Crippen molar-refractivity contribution in [1.29, 1.82) is 0 Å². The maximum atomic E-state index is 11.4. The van der Waals surface area contributed by atoms with Gasteiger partial charge in [0.1, 0.15) is 0 Å². The Morgan fingerprint density at radius 3 is 1.53 bits per heavy atom. The van der Waals surface area contributed by atoms with Crippen LogP contribution in [0, 0.1) is 0 Å². The third kappa shape index (κ3) is 8.49. The molecule has 5 rings (SSSR count). The number of esters is 1. The van der Waals surface area contributed by atoms with Gasteiger partial charge in [0, 0.05) is 36.0 Å². The number of ether oxygens (including phenoxy) is 2. The highest BCUT2D eigenvalue weighted by Gasteiger charge is 2.13.